The Balaban J connectivity index is 2.01. The molecule has 1 amide bonds. The molecule has 0 bridgehead atoms. The Morgan fingerprint density at radius 3 is 2.64 bits per heavy atom. The maximum atomic E-state index is 12.1. The molecule has 0 atom stereocenters. The minimum Gasteiger partial charge on any atom is -0.494 e. The number of benzene rings is 1. The summed E-state index contributed by atoms with van der Waals surface area (Å²) in [5.41, 5.74) is 0.969. The van der Waals surface area contributed by atoms with E-state index in [1.807, 2.05) is 30.3 Å². The largest absolute Gasteiger partial charge is 0.494 e. The molecule has 0 aromatic heterocycles. The molecule has 4 heteroatoms. The van der Waals surface area contributed by atoms with Gasteiger partial charge in [-0.15, -0.1) is 0 Å². The van der Waals surface area contributed by atoms with E-state index in [0.29, 0.717) is 6.61 Å². The molecule has 0 heterocycles. The summed E-state index contributed by atoms with van der Waals surface area (Å²) in [6.07, 6.45) is 6.89. The fourth-order valence-electron chi connectivity index (χ4n) is 2.53. The summed E-state index contributed by atoms with van der Waals surface area (Å²) in [4.78, 5) is 12.1. The molecule has 0 saturated heterocycles. The Bertz CT molecular complexity index is 564. The van der Waals surface area contributed by atoms with Crippen molar-refractivity contribution in [2.24, 2.45) is 0 Å². The van der Waals surface area contributed by atoms with Crippen molar-refractivity contribution in [3.05, 3.63) is 35.4 Å². The highest BCUT2D eigenvalue weighted by atomic mass is 16.5. The number of hydrogen-bond donors (Lipinski definition) is 1. The molecule has 1 aromatic carbocycles. The van der Waals surface area contributed by atoms with Crippen LogP contribution in [0.4, 0.5) is 0 Å². The lowest BCUT2D eigenvalue weighted by molar-refractivity contribution is -0.117. The van der Waals surface area contributed by atoms with Gasteiger partial charge in [0.2, 0.25) is 0 Å². The minimum absolute atomic E-state index is 0.147. The predicted octanol–water partition coefficient (Wildman–Crippen LogP) is 3.44. The van der Waals surface area contributed by atoms with Crippen LogP contribution in [0.25, 0.3) is 6.08 Å². The first kappa shape index (κ1) is 16.1. The van der Waals surface area contributed by atoms with Gasteiger partial charge in [-0.1, -0.05) is 31.9 Å². The van der Waals surface area contributed by atoms with Crippen molar-refractivity contribution in [1.82, 2.24) is 5.32 Å². The third-order valence-corrected chi connectivity index (χ3v) is 3.72. The molecule has 116 valence electrons. The molecule has 0 radical (unpaired) electrons. The quantitative estimate of drug-likeness (QED) is 0.646. The van der Waals surface area contributed by atoms with Crippen LogP contribution >= 0.6 is 0 Å². The molecular formula is C18H22N2O2. The molecule has 0 aliphatic heterocycles. The van der Waals surface area contributed by atoms with Crippen molar-refractivity contribution < 1.29 is 9.53 Å². The Labute approximate surface area is 131 Å². The van der Waals surface area contributed by atoms with E-state index in [4.69, 9.17) is 4.74 Å². The monoisotopic (exact) mass is 298 g/mol. The van der Waals surface area contributed by atoms with Crippen LogP contribution in [0.3, 0.4) is 0 Å². The van der Waals surface area contributed by atoms with Gasteiger partial charge < -0.3 is 10.1 Å². The summed E-state index contributed by atoms with van der Waals surface area (Å²) in [5, 5.41) is 12.1. The number of carbonyl (C=O) groups excluding carboxylic acids is 1. The molecule has 0 unspecified atom stereocenters. The van der Waals surface area contributed by atoms with Crippen molar-refractivity contribution >= 4 is 12.0 Å². The van der Waals surface area contributed by atoms with Gasteiger partial charge in [0, 0.05) is 6.04 Å². The van der Waals surface area contributed by atoms with Crippen LogP contribution in [0, 0.1) is 11.3 Å². The third kappa shape index (κ3) is 4.63. The molecule has 1 aromatic rings. The topological polar surface area (TPSA) is 62.1 Å². The number of amides is 1. The maximum absolute atomic E-state index is 12.1. The Morgan fingerprint density at radius 2 is 2.05 bits per heavy atom. The molecule has 1 aliphatic carbocycles. The summed E-state index contributed by atoms with van der Waals surface area (Å²) in [5.74, 6) is 0.522. The highest BCUT2D eigenvalue weighted by Crippen LogP contribution is 2.19. The molecule has 4 nitrogen and oxygen atoms in total. The van der Waals surface area contributed by atoms with Gasteiger partial charge in [-0.3, -0.25) is 4.79 Å². The number of nitrogens with zero attached hydrogens (tertiary/aromatic N) is 1. The van der Waals surface area contributed by atoms with Crippen molar-refractivity contribution in [3.63, 3.8) is 0 Å². The predicted molar refractivity (Wildman–Crippen MR) is 86.2 cm³/mol. The molecule has 1 N–H and O–H groups in total. The van der Waals surface area contributed by atoms with Gasteiger partial charge in [0.1, 0.15) is 17.4 Å². The third-order valence-electron chi connectivity index (χ3n) is 3.72. The van der Waals surface area contributed by atoms with Crippen molar-refractivity contribution in [2.75, 3.05) is 6.61 Å². The zero-order valence-electron chi connectivity index (χ0n) is 13.0. The average molecular weight is 298 g/mol. The van der Waals surface area contributed by atoms with E-state index < -0.39 is 0 Å². The fraction of sp³-hybridized carbons (Fsp3) is 0.444. The van der Waals surface area contributed by atoms with E-state index >= 15 is 0 Å². The molecule has 22 heavy (non-hydrogen) atoms. The lowest BCUT2D eigenvalue weighted by Gasteiger charge is -2.11. The first-order valence-electron chi connectivity index (χ1n) is 7.88. The van der Waals surface area contributed by atoms with Gasteiger partial charge in [0.15, 0.2) is 0 Å². The smallest absolute Gasteiger partial charge is 0.262 e. The van der Waals surface area contributed by atoms with Gasteiger partial charge >= 0.3 is 0 Å². The molecule has 1 saturated carbocycles. The lowest BCUT2D eigenvalue weighted by atomic mass is 10.1. The standard InChI is InChI=1S/C18H22N2O2/c1-2-11-22-17-9-7-14(8-10-17)12-15(13-19)18(21)20-16-5-3-4-6-16/h7-10,12,16H,2-6,11H2,1H3,(H,20,21). The molecule has 0 spiro atoms. The molecule has 1 aliphatic rings. The van der Waals surface area contributed by atoms with Gasteiger partial charge in [-0.05, 0) is 43.0 Å². The lowest BCUT2D eigenvalue weighted by Crippen LogP contribution is -2.33. The first-order valence-corrected chi connectivity index (χ1v) is 7.88. The normalized spacial score (nSPS) is 15.4. The Morgan fingerprint density at radius 1 is 1.36 bits per heavy atom. The number of rotatable bonds is 6. The molecule has 1 fully saturated rings. The van der Waals surface area contributed by atoms with Crippen molar-refractivity contribution in [3.8, 4) is 11.8 Å². The second kappa shape index (κ2) is 8.23. The molecular weight excluding hydrogens is 276 g/mol. The van der Waals surface area contributed by atoms with E-state index in [-0.39, 0.29) is 17.5 Å². The second-order valence-electron chi connectivity index (χ2n) is 5.54. The summed E-state index contributed by atoms with van der Waals surface area (Å²) in [6, 6.07) is 9.62. The highest BCUT2D eigenvalue weighted by molar-refractivity contribution is 6.01. The number of hydrogen-bond acceptors (Lipinski definition) is 3. The van der Waals surface area contributed by atoms with E-state index in [2.05, 4.69) is 12.2 Å². The van der Waals surface area contributed by atoms with Crippen LogP contribution in [0.15, 0.2) is 29.8 Å². The first-order chi connectivity index (χ1) is 10.7. The maximum Gasteiger partial charge on any atom is 0.262 e. The SMILES string of the molecule is CCCOc1ccc(C=C(C#N)C(=O)NC2CCCC2)cc1. The number of carbonyl (C=O) groups is 1. The molecule has 2 rings (SSSR count). The summed E-state index contributed by atoms with van der Waals surface area (Å²) < 4.78 is 5.51. The second-order valence-corrected chi connectivity index (χ2v) is 5.54. The van der Waals surface area contributed by atoms with Gasteiger partial charge in [-0.25, -0.2) is 0 Å². The highest BCUT2D eigenvalue weighted by Gasteiger charge is 2.19. The zero-order valence-corrected chi connectivity index (χ0v) is 13.0. The van der Waals surface area contributed by atoms with Crippen LogP contribution in [-0.4, -0.2) is 18.6 Å². The van der Waals surface area contributed by atoms with Crippen molar-refractivity contribution in [2.45, 2.75) is 45.1 Å². The van der Waals surface area contributed by atoms with Gasteiger partial charge in [-0.2, -0.15) is 5.26 Å². The minimum atomic E-state index is -0.277. The van der Waals surface area contributed by atoms with E-state index in [0.717, 1.165) is 43.4 Å². The van der Waals surface area contributed by atoms with E-state index in [1.54, 1.807) is 6.08 Å². The number of ether oxygens (including phenoxy) is 1. The van der Waals surface area contributed by atoms with E-state index in [1.165, 1.54) is 0 Å². The Hall–Kier alpha value is -2.28. The summed E-state index contributed by atoms with van der Waals surface area (Å²) in [6.45, 7) is 2.74. The van der Waals surface area contributed by atoms with Crippen LogP contribution in [0.5, 0.6) is 5.75 Å². The number of nitrogens with one attached hydrogen (secondary N) is 1. The van der Waals surface area contributed by atoms with Gasteiger partial charge in [0.25, 0.3) is 5.91 Å². The van der Waals surface area contributed by atoms with Crippen LogP contribution in [0.1, 0.15) is 44.6 Å². The van der Waals surface area contributed by atoms with Crippen LogP contribution in [-0.2, 0) is 4.79 Å². The summed E-state index contributed by atoms with van der Waals surface area (Å²) in [7, 11) is 0. The summed E-state index contributed by atoms with van der Waals surface area (Å²) >= 11 is 0. The zero-order chi connectivity index (χ0) is 15.8. The fourth-order valence-corrected chi connectivity index (χ4v) is 2.53. The number of nitriles is 1. The van der Waals surface area contributed by atoms with Crippen LogP contribution in [0.2, 0.25) is 0 Å². The van der Waals surface area contributed by atoms with Crippen LogP contribution < -0.4 is 10.1 Å². The van der Waals surface area contributed by atoms with Crippen molar-refractivity contribution in [1.29, 1.82) is 5.26 Å². The van der Waals surface area contributed by atoms with Gasteiger partial charge in [0.05, 0.1) is 6.61 Å². The average Bonchev–Trinajstić information content (AvgIpc) is 3.04. The van der Waals surface area contributed by atoms with E-state index in [9.17, 15) is 10.1 Å². The Kier molecular flexibility index (Phi) is 6.02.